The van der Waals surface area contributed by atoms with Crippen molar-refractivity contribution >= 4 is 5.57 Å². The fraction of sp³-hybridized carbons (Fsp3) is 0.677. The van der Waals surface area contributed by atoms with E-state index in [1.165, 1.54) is 64.2 Å². The van der Waals surface area contributed by atoms with E-state index >= 15 is 0 Å². The summed E-state index contributed by atoms with van der Waals surface area (Å²) < 4.78 is 34.2. The molecule has 1 unspecified atom stereocenters. The van der Waals surface area contributed by atoms with Crippen molar-refractivity contribution in [3.63, 3.8) is 0 Å². The van der Waals surface area contributed by atoms with Crippen LogP contribution in [-0.4, -0.2) is 6.61 Å². The van der Waals surface area contributed by atoms with Gasteiger partial charge in [0.05, 0.1) is 6.61 Å². The Morgan fingerprint density at radius 1 is 0.824 bits per heavy atom. The first-order valence-electron chi connectivity index (χ1n) is 14.1. The van der Waals surface area contributed by atoms with Crippen molar-refractivity contribution in [2.24, 2.45) is 29.6 Å². The van der Waals surface area contributed by atoms with Crippen molar-refractivity contribution in [1.82, 2.24) is 0 Å². The molecule has 1 aromatic carbocycles. The monoisotopic (exact) mass is 470 g/mol. The summed E-state index contributed by atoms with van der Waals surface area (Å²) in [6.45, 7) is 4.36. The van der Waals surface area contributed by atoms with Gasteiger partial charge in [-0.1, -0.05) is 31.6 Å². The minimum absolute atomic E-state index is 0.0104. The Balaban J connectivity index is 1.25. The summed E-state index contributed by atoms with van der Waals surface area (Å²) in [5, 5.41) is 0. The smallest absolute Gasteiger partial charge is 0.201 e. The highest BCUT2D eigenvalue weighted by Crippen LogP contribution is 2.46. The van der Waals surface area contributed by atoms with E-state index in [1.807, 2.05) is 0 Å². The Kier molecular flexibility index (Phi) is 9.25. The van der Waals surface area contributed by atoms with Crippen LogP contribution in [0.5, 0.6) is 5.75 Å². The van der Waals surface area contributed by atoms with Gasteiger partial charge in [0, 0.05) is 5.56 Å². The molecule has 0 spiro atoms. The first kappa shape index (κ1) is 25.5. The third-order valence-electron chi connectivity index (χ3n) is 8.97. The molecule has 3 heteroatoms. The average Bonchev–Trinajstić information content (AvgIpc) is 2.88. The van der Waals surface area contributed by atoms with Crippen LogP contribution in [0.15, 0.2) is 30.4 Å². The first-order chi connectivity index (χ1) is 16.6. The Bertz CT molecular complexity index is 841. The van der Waals surface area contributed by atoms with Gasteiger partial charge in [0.15, 0.2) is 11.6 Å². The summed E-state index contributed by atoms with van der Waals surface area (Å²) in [5.74, 6) is 2.63. The van der Waals surface area contributed by atoms with Crippen molar-refractivity contribution in [3.8, 4) is 5.75 Å². The highest BCUT2D eigenvalue weighted by Gasteiger charge is 2.33. The van der Waals surface area contributed by atoms with Gasteiger partial charge in [0.2, 0.25) is 5.82 Å². The predicted molar refractivity (Wildman–Crippen MR) is 138 cm³/mol. The van der Waals surface area contributed by atoms with Crippen LogP contribution in [0.3, 0.4) is 0 Å². The molecule has 0 N–H and O–H groups in total. The van der Waals surface area contributed by atoms with E-state index in [1.54, 1.807) is 19.1 Å². The Morgan fingerprint density at radius 2 is 1.47 bits per heavy atom. The lowest BCUT2D eigenvalue weighted by Crippen LogP contribution is -2.28. The SMILES string of the molecule is CCCC=CC1CCC(C2CCC(C3CC=C(c4ccc(OCC)c(F)c4F)CC3)CC2)CC1. The molecule has 34 heavy (non-hydrogen) atoms. The number of benzene rings is 1. The van der Waals surface area contributed by atoms with Crippen molar-refractivity contribution in [2.75, 3.05) is 6.61 Å². The van der Waals surface area contributed by atoms with Crippen LogP contribution in [0.1, 0.15) is 103 Å². The van der Waals surface area contributed by atoms with E-state index in [0.717, 1.165) is 48.5 Å². The number of ether oxygens (including phenoxy) is 1. The molecule has 0 radical (unpaired) electrons. The summed E-state index contributed by atoms with van der Waals surface area (Å²) >= 11 is 0. The van der Waals surface area contributed by atoms with Crippen molar-refractivity contribution in [1.29, 1.82) is 0 Å². The molecule has 0 saturated heterocycles. The molecule has 0 bridgehead atoms. The zero-order valence-corrected chi connectivity index (χ0v) is 21.3. The first-order valence-corrected chi connectivity index (χ1v) is 14.1. The fourth-order valence-corrected chi connectivity index (χ4v) is 6.93. The average molecular weight is 471 g/mol. The van der Waals surface area contributed by atoms with Gasteiger partial charge in [-0.15, -0.1) is 0 Å². The van der Waals surface area contributed by atoms with Gasteiger partial charge in [-0.2, -0.15) is 4.39 Å². The maximum atomic E-state index is 14.6. The molecule has 3 aliphatic carbocycles. The minimum atomic E-state index is -0.855. The van der Waals surface area contributed by atoms with Gasteiger partial charge in [-0.05, 0) is 131 Å². The molecule has 2 fully saturated rings. The lowest BCUT2D eigenvalue weighted by molar-refractivity contribution is 0.128. The normalized spacial score (nSPS) is 30.4. The molecule has 0 heterocycles. The molecule has 4 rings (SSSR count). The lowest BCUT2D eigenvalue weighted by Gasteiger charge is -2.40. The second-order valence-corrected chi connectivity index (χ2v) is 11.0. The molecule has 0 amide bonds. The predicted octanol–water partition coefficient (Wildman–Crippen LogP) is 9.52. The van der Waals surface area contributed by atoms with Crippen molar-refractivity contribution < 1.29 is 13.5 Å². The standard InChI is InChI=1S/C31H44F2O/c1-3-5-6-7-22-8-10-23(11-9-22)24-12-14-25(15-13-24)26-16-18-27(19-17-26)28-20-21-29(34-4-2)31(33)30(28)32/h6-7,18,20-26H,3-5,8-17,19H2,1-2H3. The summed E-state index contributed by atoms with van der Waals surface area (Å²) in [4.78, 5) is 0. The second kappa shape index (κ2) is 12.4. The van der Waals surface area contributed by atoms with E-state index in [2.05, 4.69) is 25.2 Å². The van der Waals surface area contributed by atoms with Crippen molar-refractivity contribution in [3.05, 3.63) is 47.6 Å². The Labute approximate surface area is 206 Å². The van der Waals surface area contributed by atoms with Crippen LogP contribution in [0.25, 0.3) is 5.57 Å². The lowest BCUT2D eigenvalue weighted by atomic mass is 9.66. The summed E-state index contributed by atoms with van der Waals surface area (Å²) in [6.07, 6.45) is 23.7. The number of unbranched alkanes of at least 4 members (excludes halogenated alkanes) is 1. The van der Waals surface area contributed by atoms with Crippen LogP contribution in [0.4, 0.5) is 8.78 Å². The maximum Gasteiger partial charge on any atom is 0.201 e. The van der Waals surface area contributed by atoms with E-state index in [9.17, 15) is 8.78 Å². The van der Waals surface area contributed by atoms with E-state index < -0.39 is 11.6 Å². The number of allylic oxidation sites excluding steroid dienone is 4. The highest BCUT2D eigenvalue weighted by atomic mass is 19.2. The van der Waals surface area contributed by atoms with Gasteiger partial charge in [-0.3, -0.25) is 0 Å². The van der Waals surface area contributed by atoms with Crippen LogP contribution < -0.4 is 4.74 Å². The molecule has 188 valence electrons. The molecule has 1 atom stereocenters. The largest absolute Gasteiger partial charge is 0.491 e. The van der Waals surface area contributed by atoms with Gasteiger partial charge >= 0.3 is 0 Å². The number of halogens is 2. The van der Waals surface area contributed by atoms with E-state index in [0.29, 0.717) is 18.1 Å². The molecule has 1 nitrogen and oxygen atoms in total. The zero-order chi connectivity index (χ0) is 23.9. The second-order valence-electron chi connectivity index (χ2n) is 11.0. The summed E-state index contributed by atoms with van der Waals surface area (Å²) in [6, 6.07) is 3.26. The van der Waals surface area contributed by atoms with Gasteiger partial charge in [0.1, 0.15) is 0 Å². The molecular formula is C31H44F2O. The topological polar surface area (TPSA) is 9.23 Å². The fourth-order valence-electron chi connectivity index (χ4n) is 6.93. The van der Waals surface area contributed by atoms with Crippen molar-refractivity contribution in [2.45, 2.75) is 97.3 Å². The molecule has 0 aliphatic heterocycles. The quantitative estimate of drug-likeness (QED) is 0.344. The Morgan fingerprint density at radius 3 is 2.06 bits per heavy atom. The third-order valence-corrected chi connectivity index (χ3v) is 8.97. The zero-order valence-electron chi connectivity index (χ0n) is 21.3. The van der Waals surface area contributed by atoms with Crippen LogP contribution in [-0.2, 0) is 0 Å². The highest BCUT2D eigenvalue weighted by molar-refractivity contribution is 5.67. The summed E-state index contributed by atoms with van der Waals surface area (Å²) in [5.41, 5.74) is 1.39. The molecule has 0 aromatic heterocycles. The molecular weight excluding hydrogens is 426 g/mol. The van der Waals surface area contributed by atoms with Gasteiger partial charge in [-0.25, -0.2) is 4.39 Å². The van der Waals surface area contributed by atoms with Crippen LogP contribution >= 0.6 is 0 Å². The third kappa shape index (κ3) is 6.13. The molecule has 2 saturated carbocycles. The van der Waals surface area contributed by atoms with Crippen LogP contribution in [0.2, 0.25) is 0 Å². The van der Waals surface area contributed by atoms with Gasteiger partial charge < -0.3 is 4.74 Å². The summed E-state index contributed by atoms with van der Waals surface area (Å²) in [7, 11) is 0. The number of hydrogen-bond donors (Lipinski definition) is 0. The number of hydrogen-bond acceptors (Lipinski definition) is 1. The molecule has 3 aliphatic rings. The van der Waals surface area contributed by atoms with Crippen LogP contribution in [0, 0.1) is 41.2 Å². The van der Waals surface area contributed by atoms with E-state index in [4.69, 9.17) is 4.74 Å². The number of rotatable bonds is 8. The van der Waals surface area contributed by atoms with Gasteiger partial charge in [0.25, 0.3) is 0 Å². The maximum absolute atomic E-state index is 14.6. The Hall–Kier alpha value is -1.64. The van der Waals surface area contributed by atoms with E-state index in [-0.39, 0.29) is 5.75 Å². The molecule has 1 aromatic rings. The minimum Gasteiger partial charge on any atom is -0.491 e.